The molecule has 0 atom stereocenters. The first-order chi connectivity index (χ1) is 35.8. The summed E-state index contributed by atoms with van der Waals surface area (Å²) >= 11 is 0. The van der Waals surface area contributed by atoms with Gasteiger partial charge in [0.15, 0.2) is 0 Å². The molecule has 0 bridgehead atoms. The number of hydrogen-bond donors (Lipinski definition) is 0. The fourth-order valence-electron chi connectivity index (χ4n) is 12.8. The molecule has 0 amide bonds. The molecule has 3 aromatic heterocycles. The van der Waals surface area contributed by atoms with Gasteiger partial charge in [-0.15, -0.1) is 0 Å². The summed E-state index contributed by atoms with van der Waals surface area (Å²) in [4.78, 5) is 5.30. The number of hydrogen-bond acceptors (Lipinski definition) is 2. The molecule has 0 aliphatic heterocycles. The fraction of sp³-hybridized carbons (Fsp3) is 0.143. The Morgan fingerprint density at radius 2 is 0.622 bits per heavy atom. The fourth-order valence-corrected chi connectivity index (χ4v) is 12.8. The van der Waals surface area contributed by atoms with Crippen LogP contribution in [0.1, 0.15) is 61.2 Å². The number of rotatable bonds is 7. The van der Waals surface area contributed by atoms with Crippen LogP contribution >= 0.6 is 0 Å². The standard InChI is InChI=1S/C70H58N4/c1-40-29-46(7)68(47(8)30-40)54-23-27-58-56-25-21-52(66-42(3)13-11-14-43(66)4)33-60(56)73(62(58)35-54)64-38-72-39-65(70(64)51-19-17-50(37-71)18-20-51)74-61-34-53(67-44(5)15-12-16-45(67)6)22-26-57(61)59-28-24-55(36-63(59)74)69-48(9)31-41(2)32-49(69)10/h11-36,38-39H,1-10H3. The zero-order chi connectivity index (χ0) is 51.3. The number of pyridine rings is 1. The Morgan fingerprint density at radius 1 is 0.324 bits per heavy atom. The lowest BCUT2D eigenvalue weighted by Crippen LogP contribution is -2.05. The molecule has 0 radical (unpaired) electrons. The highest BCUT2D eigenvalue weighted by Crippen LogP contribution is 2.46. The lowest BCUT2D eigenvalue weighted by molar-refractivity contribution is 1.09. The average Bonchev–Trinajstić information content (AvgIpc) is 3.86. The summed E-state index contributed by atoms with van der Waals surface area (Å²) in [5.41, 5.74) is 31.1. The van der Waals surface area contributed by atoms with Crippen LogP contribution in [0.25, 0.3) is 111 Å². The lowest BCUT2D eigenvalue weighted by Gasteiger charge is -2.21. The molecule has 0 aliphatic carbocycles. The van der Waals surface area contributed by atoms with Crippen molar-refractivity contribution < 1.29 is 0 Å². The average molecular weight is 955 g/mol. The molecule has 0 unspecified atom stereocenters. The van der Waals surface area contributed by atoms with Crippen molar-refractivity contribution >= 4 is 43.6 Å². The third-order valence-electron chi connectivity index (χ3n) is 15.7. The lowest BCUT2D eigenvalue weighted by atomic mass is 9.93. The topological polar surface area (TPSA) is 46.5 Å². The van der Waals surface area contributed by atoms with Gasteiger partial charge in [0.2, 0.25) is 0 Å². The molecule has 0 N–H and O–H groups in total. The van der Waals surface area contributed by atoms with Crippen molar-refractivity contribution in [1.29, 1.82) is 5.26 Å². The van der Waals surface area contributed by atoms with Crippen LogP contribution in [-0.2, 0) is 0 Å². The normalized spacial score (nSPS) is 11.6. The molecule has 0 aliphatic rings. The summed E-state index contributed by atoms with van der Waals surface area (Å²) in [6, 6.07) is 60.8. The Hall–Kier alpha value is -8.78. The number of nitrogens with zero attached hydrogens (tertiary/aromatic N) is 4. The minimum atomic E-state index is 0.609. The Bertz CT molecular complexity index is 4020. The van der Waals surface area contributed by atoms with Crippen molar-refractivity contribution in [2.24, 2.45) is 0 Å². The van der Waals surface area contributed by atoms with Gasteiger partial charge in [0.25, 0.3) is 0 Å². The molecule has 0 fully saturated rings. The summed E-state index contributed by atoms with van der Waals surface area (Å²) in [6.45, 7) is 22.1. The number of fused-ring (bicyclic) bond motifs is 6. The van der Waals surface area contributed by atoms with Crippen molar-refractivity contribution in [2.45, 2.75) is 69.2 Å². The van der Waals surface area contributed by atoms with E-state index in [1.165, 1.54) is 122 Å². The second-order valence-electron chi connectivity index (χ2n) is 20.9. The van der Waals surface area contributed by atoms with Crippen molar-refractivity contribution in [3.63, 3.8) is 0 Å². The molecule has 0 spiro atoms. The predicted molar refractivity (Wildman–Crippen MR) is 312 cm³/mol. The van der Waals surface area contributed by atoms with Gasteiger partial charge in [-0.25, -0.2) is 0 Å². The van der Waals surface area contributed by atoms with E-state index in [1.54, 1.807) is 0 Å². The van der Waals surface area contributed by atoms with E-state index in [0.717, 1.165) is 44.6 Å². The quantitative estimate of drug-likeness (QED) is 0.160. The van der Waals surface area contributed by atoms with E-state index in [2.05, 4.69) is 242 Å². The minimum Gasteiger partial charge on any atom is -0.307 e. The van der Waals surface area contributed by atoms with Gasteiger partial charge in [-0.2, -0.15) is 5.26 Å². The van der Waals surface area contributed by atoms with E-state index in [-0.39, 0.29) is 0 Å². The third kappa shape index (κ3) is 7.45. The highest BCUT2D eigenvalue weighted by Gasteiger charge is 2.25. The zero-order valence-electron chi connectivity index (χ0n) is 44.0. The first kappa shape index (κ1) is 46.3. The maximum Gasteiger partial charge on any atom is 0.0991 e. The predicted octanol–water partition coefficient (Wildman–Crippen LogP) is 18.6. The highest BCUT2D eigenvalue weighted by atomic mass is 15.0. The van der Waals surface area contributed by atoms with E-state index in [1.807, 2.05) is 12.1 Å². The van der Waals surface area contributed by atoms with Crippen molar-refractivity contribution in [3.8, 4) is 73.1 Å². The van der Waals surface area contributed by atoms with Gasteiger partial charge >= 0.3 is 0 Å². The van der Waals surface area contributed by atoms with Gasteiger partial charge < -0.3 is 9.13 Å². The van der Waals surface area contributed by atoms with E-state index >= 15 is 0 Å². The van der Waals surface area contributed by atoms with Gasteiger partial charge in [0.1, 0.15) is 0 Å². The summed E-state index contributed by atoms with van der Waals surface area (Å²) in [7, 11) is 0. The molecule has 3 heterocycles. The minimum absolute atomic E-state index is 0.609. The van der Waals surface area contributed by atoms with Gasteiger partial charge in [-0.05, 0) is 200 Å². The van der Waals surface area contributed by atoms with E-state index < -0.39 is 0 Å². The summed E-state index contributed by atoms with van der Waals surface area (Å²) in [5, 5.41) is 14.8. The Morgan fingerprint density at radius 3 is 0.932 bits per heavy atom. The second kappa shape index (κ2) is 17.8. The SMILES string of the molecule is Cc1cc(C)c(-c2ccc3c4ccc(-c5c(C)cccc5C)cc4n(-c4cncc(-n5c6cc(-c7c(C)cccc7C)ccc6c6ccc(-c7c(C)cc(C)cc7C)cc65)c4-c4ccc(C#N)cc4)c3c2)c(C)c1. The first-order valence-corrected chi connectivity index (χ1v) is 25.7. The third-order valence-corrected chi connectivity index (χ3v) is 15.7. The monoisotopic (exact) mass is 954 g/mol. The molecule has 4 heteroatoms. The Kier molecular flexibility index (Phi) is 11.1. The van der Waals surface area contributed by atoms with Crippen LogP contribution in [0.4, 0.5) is 0 Å². The van der Waals surface area contributed by atoms with Crippen LogP contribution in [0.15, 0.2) is 170 Å². The number of nitriles is 1. The van der Waals surface area contributed by atoms with Crippen molar-refractivity contribution in [2.75, 3.05) is 0 Å². The molecule has 9 aromatic carbocycles. The number of aromatic nitrogens is 3. The summed E-state index contributed by atoms with van der Waals surface area (Å²) in [6.07, 6.45) is 4.11. The first-order valence-electron chi connectivity index (χ1n) is 25.7. The molecule has 0 saturated heterocycles. The van der Waals surface area contributed by atoms with Crippen LogP contribution in [0.2, 0.25) is 0 Å². The van der Waals surface area contributed by atoms with Gasteiger partial charge in [-0.3, -0.25) is 4.98 Å². The Balaban J connectivity index is 1.24. The molecule has 358 valence electrons. The molecule has 4 nitrogen and oxygen atoms in total. The molecule has 12 aromatic rings. The Labute approximate surface area is 434 Å². The highest BCUT2D eigenvalue weighted by molar-refractivity contribution is 6.14. The molecular formula is C70H58N4. The molecule has 12 rings (SSSR count). The smallest absolute Gasteiger partial charge is 0.0991 e. The van der Waals surface area contributed by atoms with E-state index in [4.69, 9.17) is 4.98 Å². The largest absolute Gasteiger partial charge is 0.307 e. The maximum atomic E-state index is 10.2. The maximum absolute atomic E-state index is 10.2. The second-order valence-corrected chi connectivity index (χ2v) is 20.9. The zero-order valence-corrected chi connectivity index (χ0v) is 44.0. The van der Waals surface area contributed by atoms with Crippen molar-refractivity contribution in [3.05, 3.63) is 231 Å². The summed E-state index contributed by atoms with van der Waals surface area (Å²) < 4.78 is 4.93. The van der Waals surface area contributed by atoms with Crippen LogP contribution in [0, 0.1) is 80.6 Å². The van der Waals surface area contributed by atoms with Gasteiger partial charge in [0.05, 0.1) is 57.5 Å². The van der Waals surface area contributed by atoms with Crippen LogP contribution in [0.3, 0.4) is 0 Å². The molecule has 74 heavy (non-hydrogen) atoms. The van der Waals surface area contributed by atoms with Crippen LogP contribution in [-0.4, -0.2) is 14.1 Å². The molecular weight excluding hydrogens is 897 g/mol. The van der Waals surface area contributed by atoms with Crippen molar-refractivity contribution in [1.82, 2.24) is 14.1 Å². The van der Waals surface area contributed by atoms with E-state index in [9.17, 15) is 5.26 Å². The van der Waals surface area contributed by atoms with Gasteiger partial charge in [0, 0.05) is 27.1 Å². The molecule has 0 saturated carbocycles. The van der Waals surface area contributed by atoms with Crippen LogP contribution < -0.4 is 0 Å². The van der Waals surface area contributed by atoms with Crippen LogP contribution in [0.5, 0.6) is 0 Å². The number of aryl methyl sites for hydroxylation is 10. The van der Waals surface area contributed by atoms with Gasteiger partial charge in [-0.1, -0.05) is 132 Å². The van der Waals surface area contributed by atoms with E-state index in [0.29, 0.717) is 5.56 Å². The number of benzene rings is 9. The summed E-state index contributed by atoms with van der Waals surface area (Å²) in [5.74, 6) is 0.